The topological polar surface area (TPSA) is 92.5 Å². The number of hydrogen-bond donors (Lipinski definition) is 1. The van der Waals surface area contributed by atoms with Gasteiger partial charge in [0.1, 0.15) is 5.52 Å². The van der Waals surface area contributed by atoms with E-state index in [9.17, 15) is 13.2 Å². The largest absolute Gasteiger partial charge is 0.431 e. The smallest absolute Gasteiger partial charge is 0.257 e. The summed E-state index contributed by atoms with van der Waals surface area (Å²) in [5.41, 5.74) is 1.27. The number of nitrogens with one attached hydrogen (secondary N) is 1. The maximum atomic E-state index is 12.5. The second-order valence-electron chi connectivity index (χ2n) is 6.27. The maximum Gasteiger partial charge on any atom is 0.257 e. The zero-order valence-corrected chi connectivity index (χ0v) is 18.8. The van der Waals surface area contributed by atoms with Gasteiger partial charge in [-0.2, -0.15) is 0 Å². The molecular weight excluding hydrogens is 457 g/mol. The Bertz CT molecular complexity index is 1180. The van der Waals surface area contributed by atoms with Crippen molar-refractivity contribution in [2.24, 2.45) is 0 Å². The van der Waals surface area contributed by atoms with Crippen molar-refractivity contribution in [2.75, 3.05) is 19.4 Å². The van der Waals surface area contributed by atoms with Crippen LogP contribution < -0.4 is 5.32 Å². The minimum absolute atomic E-state index is 0.114. The summed E-state index contributed by atoms with van der Waals surface area (Å²) in [4.78, 5) is 16.9. The second-order valence-corrected chi connectivity index (χ2v) is 10.6. The molecule has 3 aromatic rings. The highest BCUT2D eigenvalue weighted by Gasteiger charge is 2.21. The van der Waals surface area contributed by atoms with Crippen molar-refractivity contribution in [3.63, 3.8) is 0 Å². The highest BCUT2D eigenvalue weighted by Crippen LogP contribution is 2.30. The number of benzene rings is 2. The number of fused-ring (bicyclic) bond motifs is 1. The van der Waals surface area contributed by atoms with Crippen LogP contribution in [0.1, 0.15) is 6.92 Å². The lowest BCUT2D eigenvalue weighted by Crippen LogP contribution is -2.22. The molecule has 1 aromatic heterocycles. The molecular formula is C18H17Cl2N3O4S2. The zero-order chi connectivity index (χ0) is 21.3. The van der Waals surface area contributed by atoms with Crippen molar-refractivity contribution in [1.82, 2.24) is 9.29 Å². The molecule has 0 saturated carbocycles. The van der Waals surface area contributed by atoms with Crippen molar-refractivity contribution in [3.8, 4) is 0 Å². The predicted molar refractivity (Wildman–Crippen MR) is 115 cm³/mol. The van der Waals surface area contributed by atoms with E-state index in [0.717, 1.165) is 16.1 Å². The molecule has 29 heavy (non-hydrogen) atoms. The molecule has 1 heterocycles. The van der Waals surface area contributed by atoms with Gasteiger partial charge in [0.25, 0.3) is 5.22 Å². The van der Waals surface area contributed by atoms with Gasteiger partial charge >= 0.3 is 0 Å². The van der Waals surface area contributed by atoms with Crippen molar-refractivity contribution < 1.29 is 17.6 Å². The van der Waals surface area contributed by atoms with Crippen molar-refractivity contribution in [2.45, 2.75) is 22.3 Å². The normalized spacial score (nSPS) is 13.0. The van der Waals surface area contributed by atoms with Gasteiger partial charge in [0.05, 0.1) is 20.9 Å². The fourth-order valence-electron chi connectivity index (χ4n) is 2.34. The molecule has 0 spiro atoms. The van der Waals surface area contributed by atoms with Crippen LogP contribution in [0.2, 0.25) is 10.0 Å². The van der Waals surface area contributed by atoms with Gasteiger partial charge in [0.2, 0.25) is 15.9 Å². The monoisotopic (exact) mass is 473 g/mol. The van der Waals surface area contributed by atoms with Crippen LogP contribution in [0, 0.1) is 0 Å². The number of rotatable bonds is 6. The minimum Gasteiger partial charge on any atom is -0.431 e. The molecule has 2 aromatic carbocycles. The van der Waals surface area contributed by atoms with E-state index in [2.05, 4.69) is 10.3 Å². The van der Waals surface area contributed by atoms with Gasteiger partial charge < -0.3 is 9.73 Å². The van der Waals surface area contributed by atoms with E-state index in [4.69, 9.17) is 27.6 Å². The number of anilines is 1. The Morgan fingerprint density at radius 2 is 1.93 bits per heavy atom. The van der Waals surface area contributed by atoms with Crippen molar-refractivity contribution >= 4 is 67.7 Å². The third-order valence-electron chi connectivity index (χ3n) is 3.95. The molecule has 1 unspecified atom stereocenters. The first-order valence-corrected chi connectivity index (χ1v) is 11.4. The Kier molecular flexibility index (Phi) is 6.45. The lowest BCUT2D eigenvalue weighted by atomic mass is 10.3. The molecule has 0 bridgehead atoms. The van der Waals surface area contributed by atoms with Crippen molar-refractivity contribution in [3.05, 3.63) is 46.4 Å². The van der Waals surface area contributed by atoms with Gasteiger partial charge in [-0.15, -0.1) is 0 Å². The Morgan fingerprint density at radius 1 is 1.21 bits per heavy atom. The van der Waals surface area contributed by atoms with Crippen LogP contribution in [0.4, 0.5) is 5.69 Å². The summed E-state index contributed by atoms with van der Waals surface area (Å²) < 4.78 is 31.3. The summed E-state index contributed by atoms with van der Waals surface area (Å²) in [5.74, 6) is -0.294. The lowest BCUT2D eigenvalue weighted by molar-refractivity contribution is -0.115. The van der Waals surface area contributed by atoms with E-state index in [1.54, 1.807) is 25.1 Å². The van der Waals surface area contributed by atoms with E-state index in [-0.39, 0.29) is 16.0 Å². The molecule has 154 valence electrons. The Morgan fingerprint density at radius 3 is 2.59 bits per heavy atom. The summed E-state index contributed by atoms with van der Waals surface area (Å²) in [5, 5.41) is 3.24. The van der Waals surface area contributed by atoms with Gasteiger partial charge in [0, 0.05) is 19.1 Å². The number of sulfonamides is 1. The Balaban J connectivity index is 1.76. The number of nitrogens with zero attached hydrogens (tertiary/aromatic N) is 2. The Labute approximate surface area is 182 Å². The van der Waals surface area contributed by atoms with Gasteiger partial charge in [-0.3, -0.25) is 4.79 Å². The number of thioether (sulfide) groups is 1. The van der Waals surface area contributed by atoms with E-state index < -0.39 is 15.3 Å². The molecule has 0 fully saturated rings. The minimum atomic E-state index is -3.58. The van der Waals surface area contributed by atoms with Gasteiger partial charge in [-0.25, -0.2) is 17.7 Å². The van der Waals surface area contributed by atoms with Crippen LogP contribution in [-0.2, 0) is 14.8 Å². The molecule has 1 amide bonds. The number of carbonyl (C=O) groups is 1. The highest BCUT2D eigenvalue weighted by molar-refractivity contribution is 8.00. The number of carbonyl (C=O) groups excluding carboxylic acids is 1. The van der Waals surface area contributed by atoms with E-state index in [1.807, 2.05) is 0 Å². The van der Waals surface area contributed by atoms with Crippen LogP contribution in [-0.4, -0.2) is 43.0 Å². The lowest BCUT2D eigenvalue weighted by Gasteiger charge is -2.11. The summed E-state index contributed by atoms with van der Waals surface area (Å²) in [6.45, 7) is 1.70. The summed E-state index contributed by atoms with van der Waals surface area (Å²) in [6.07, 6.45) is 0. The van der Waals surface area contributed by atoms with Crippen LogP contribution >= 0.6 is 35.0 Å². The van der Waals surface area contributed by atoms with E-state index >= 15 is 0 Å². The number of hydrogen-bond acceptors (Lipinski definition) is 6. The molecule has 7 nitrogen and oxygen atoms in total. The fraction of sp³-hybridized carbons (Fsp3) is 0.222. The fourth-order valence-corrected chi connectivity index (χ4v) is 4.47. The van der Waals surface area contributed by atoms with Crippen LogP contribution in [0.5, 0.6) is 0 Å². The molecule has 0 aliphatic rings. The first-order valence-electron chi connectivity index (χ1n) is 8.33. The molecule has 3 rings (SSSR count). The van der Waals surface area contributed by atoms with E-state index in [1.165, 1.54) is 32.3 Å². The van der Waals surface area contributed by atoms with Gasteiger partial charge in [-0.1, -0.05) is 35.0 Å². The van der Waals surface area contributed by atoms with Crippen molar-refractivity contribution in [1.29, 1.82) is 0 Å². The third kappa shape index (κ3) is 4.87. The molecule has 11 heteroatoms. The first kappa shape index (κ1) is 21.9. The van der Waals surface area contributed by atoms with Crippen LogP contribution in [0.15, 0.2) is 50.9 Å². The highest BCUT2D eigenvalue weighted by atomic mass is 35.5. The van der Waals surface area contributed by atoms with Crippen LogP contribution in [0.25, 0.3) is 11.1 Å². The van der Waals surface area contributed by atoms with Crippen LogP contribution in [0.3, 0.4) is 0 Å². The molecule has 0 saturated heterocycles. The molecule has 0 radical (unpaired) electrons. The quantitative estimate of drug-likeness (QED) is 0.529. The molecule has 1 atom stereocenters. The van der Waals surface area contributed by atoms with Gasteiger partial charge in [0.15, 0.2) is 5.58 Å². The summed E-state index contributed by atoms with van der Waals surface area (Å²) in [6, 6.07) is 9.22. The number of oxazole rings is 1. The van der Waals surface area contributed by atoms with E-state index in [0.29, 0.717) is 26.8 Å². The average Bonchev–Trinajstić information content (AvgIpc) is 3.05. The predicted octanol–water partition coefficient (Wildman–Crippen LogP) is 4.50. The van der Waals surface area contributed by atoms with Gasteiger partial charge in [-0.05, 0) is 43.3 Å². The maximum absolute atomic E-state index is 12.5. The SMILES string of the molecule is CC(Sc1nc2cc(S(=O)(=O)N(C)C)ccc2o1)C(=O)Nc1ccc(Cl)cc1Cl. The molecule has 0 aliphatic carbocycles. The number of aromatic nitrogens is 1. The Hall–Kier alpha value is -1.78. The summed E-state index contributed by atoms with van der Waals surface area (Å²) in [7, 11) is -0.668. The molecule has 0 aliphatic heterocycles. The first-order chi connectivity index (χ1) is 13.6. The zero-order valence-electron chi connectivity index (χ0n) is 15.6. The summed E-state index contributed by atoms with van der Waals surface area (Å²) >= 11 is 13.0. The number of amides is 1. The number of halogens is 2. The standard InChI is InChI=1S/C18H17Cl2N3O4S2/c1-10(17(24)21-14-6-4-11(19)8-13(14)20)28-18-22-15-9-12(5-7-16(15)27-18)29(25,26)23(2)3/h4-10H,1-3H3,(H,21,24). The second kappa shape index (κ2) is 8.53. The third-order valence-corrected chi connectivity index (χ3v) is 7.26. The average molecular weight is 474 g/mol. The molecule has 1 N–H and O–H groups in total.